The van der Waals surface area contributed by atoms with E-state index in [-0.39, 0.29) is 11.7 Å². The first-order valence-electron chi connectivity index (χ1n) is 5.43. The van der Waals surface area contributed by atoms with Crippen molar-refractivity contribution in [1.82, 2.24) is 10.9 Å². The molecule has 1 aliphatic rings. The van der Waals surface area contributed by atoms with Gasteiger partial charge in [0.2, 0.25) is 0 Å². The Bertz CT molecular complexity index is 491. The Labute approximate surface area is 99.7 Å². The molecule has 0 spiro atoms. The summed E-state index contributed by atoms with van der Waals surface area (Å²) in [5.41, 5.74) is 7.10. The van der Waals surface area contributed by atoms with Crippen LogP contribution >= 0.6 is 0 Å². The monoisotopic (exact) mass is 230 g/mol. The molecule has 0 aromatic heterocycles. The highest BCUT2D eigenvalue weighted by molar-refractivity contribution is 6.08. The van der Waals surface area contributed by atoms with Crippen molar-refractivity contribution >= 4 is 11.7 Å². The third-order valence-corrected chi connectivity index (χ3v) is 3.00. The Hall–Kier alpha value is -1.94. The molecule has 2 rings (SSSR count). The molecule has 0 fully saturated rings. The smallest absolute Gasteiger partial charge is 0.261 e. The molecule has 88 valence electrons. The molecule has 1 amide bonds. The molecule has 0 saturated heterocycles. The van der Waals surface area contributed by atoms with Gasteiger partial charge in [0.25, 0.3) is 5.91 Å². The van der Waals surface area contributed by atoms with Gasteiger partial charge in [0.1, 0.15) is 6.04 Å². The highest BCUT2D eigenvalue weighted by atomic mass is 16.2. The van der Waals surface area contributed by atoms with E-state index in [0.717, 1.165) is 5.56 Å². The van der Waals surface area contributed by atoms with Gasteiger partial charge in [-0.15, -0.1) is 0 Å². The highest BCUT2D eigenvalue weighted by Gasteiger charge is 2.27. The van der Waals surface area contributed by atoms with Gasteiger partial charge in [-0.1, -0.05) is 30.3 Å². The molecule has 17 heavy (non-hydrogen) atoms. The molecule has 0 aliphatic carbocycles. The number of hydrazine groups is 1. The quantitative estimate of drug-likeness (QED) is 0.763. The van der Waals surface area contributed by atoms with E-state index >= 15 is 0 Å². The number of ketones is 1. The van der Waals surface area contributed by atoms with Gasteiger partial charge in [-0.05, 0) is 19.4 Å². The van der Waals surface area contributed by atoms with Crippen molar-refractivity contribution in [2.75, 3.05) is 0 Å². The average molecular weight is 230 g/mol. The summed E-state index contributed by atoms with van der Waals surface area (Å²) in [6, 6.07) is 8.81. The fourth-order valence-corrected chi connectivity index (χ4v) is 1.75. The molecule has 1 atom stereocenters. The molecule has 1 heterocycles. The normalized spacial score (nSPS) is 21.2. The number of hydrogen-bond donors (Lipinski definition) is 2. The number of benzene rings is 1. The lowest BCUT2D eigenvalue weighted by Gasteiger charge is -2.15. The summed E-state index contributed by atoms with van der Waals surface area (Å²) in [6.45, 7) is 3.33. The van der Waals surface area contributed by atoms with Crippen molar-refractivity contribution in [3.8, 4) is 0 Å². The SMILES string of the molecule is CC1=C(C)C(=O)C(c2ccccc2)NNC1=O. The summed E-state index contributed by atoms with van der Waals surface area (Å²) in [7, 11) is 0. The first-order chi connectivity index (χ1) is 8.11. The van der Waals surface area contributed by atoms with Gasteiger partial charge in [-0.2, -0.15) is 0 Å². The van der Waals surface area contributed by atoms with Crippen LogP contribution in [0.3, 0.4) is 0 Å². The molecule has 4 heteroatoms. The maximum absolute atomic E-state index is 12.2. The van der Waals surface area contributed by atoms with E-state index in [9.17, 15) is 9.59 Å². The fourth-order valence-electron chi connectivity index (χ4n) is 1.75. The minimum atomic E-state index is -0.516. The van der Waals surface area contributed by atoms with E-state index in [1.54, 1.807) is 13.8 Å². The van der Waals surface area contributed by atoms with Gasteiger partial charge in [0.15, 0.2) is 5.78 Å². The van der Waals surface area contributed by atoms with Crippen molar-refractivity contribution in [1.29, 1.82) is 0 Å². The predicted molar refractivity (Wildman–Crippen MR) is 63.8 cm³/mol. The third kappa shape index (κ3) is 2.12. The van der Waals surface area contributed by atoms with E-state index in [0.29, 0.717) is 11.1 Å². The maximum atomic E-state index is 12.2. The van der Waals surface area contributed by atoms with Crippen LogP contribution < -0.4 is 10.9 Å². The minimum absolute atomic E-state index is 0.0768. The van der Waals surface area contributed by atoms with Crippen molar-refractivity contribution < 1.29 is 9.59 Å². The molecular formula is C13H14N2O2. The molecule has 1 aliphatic heterocycles. The molecule has 1 aromatic carbocycles. The Morgan fingerprint density at radius 3 is 2.29 bits per heavy atom. The summed E-state index contributed by atoms with van der Waals surface area (Å²) in [4.78, 5) is 23.8. The number of nitrogens with one attached hydrogen (secondary N) is 2. The van der Waals surface area contributed by atoms with Crippen LogP contribution in [0.25, 0.3) is 0 Å². The number of hydrogen-bond acceptors (Lipinski definition) is 3. The lowest BCUT2D eigenvalue weighted by atomic mass is 9.97. The van der Waals surface area contributed by atoms with E-state index in [1.807, 2.05) is 30.3 Å². The summed E-state index contributed by atoms with van der Waals surface area (Å²) < 4.78 is 0. The van der Waals surface area contributed by atoms with Crippen molar-refractivity contribution in [2.24, 2.45) is 0 Å². The number of carbonyl (C=O) groups is 2. The van der Waals surface area contributed by atoms with E-state index in [1.165, 1.54) is 0 Å². The second-order valence-electron chi connectivity index (χ2n) is 4.06. The van der Waals surface area contributed by atoms with Crippen LogP contribution in [0.4, 0.5) is 0 Å². The van der Waals surface area contributed by atoms with Gasteiger partial charge < -0.3 is 0 Å². The van der Waals surface area contributed by atoms with Crippen LogP contribution in [0.15, 0.2) is 41.5 Å². The van der Waals surface area contributed by atoms with E-state index in [2.05, 4.69) is 10.9 Å². The minimum Gasteiger partial charge on any atom is -0.292 e. The topological polar surface area (TPSA) is 58.2 Å². The number of carbonyl (C=O) groups excluding carboxylic acids is 2. The molecule has 1 unspecified atom stereocenters. The van der Waals surface area contributed by atoms with Crippen LogP contribution in [0.5, 0.6) is 0 Å². The van der Waals surface area contributed by atoms with Crippen LogP contribution in [0.2, 0.25) is 0 Å². The molecule has 0 radical (unpaired) electrons. The average Bonchev–Trinajstić information content (AvgIpc) is 2.45. The van der Waals surface area contributed by atoms with Gasteiger partial charge in [0, 0.05) is 11.1 Å². The molecule has 0 bridgehead atoms. The van der Waals surface area contributed by atoms with Crippen LogP contribution in [0, 0.1) is 0 Å². The number of rotatable bonds is 1. The van der Waals surface area contributed by atoms with Gasteiger partial charge in [0.05, 0.1) is 0 Å². The van der Waals surface area contributed by atoms with Gasteiger partial charge >= 0.3 is 0 Å². The summed E-state index contributed by atoms with van der Waals surface area (Å²) in [5.74, 6) is -0.332. The summed E-state index contributed by atoms with van der Waals surface area (Å²) in [6.07, 6.45) is 0. The van der Waals surface area contributed by atoms with Crippen molar-refractivity contribution in [3.05, 3.63) is 47.0 Å². The second kappa shape index (κ2) is 4.51. The van der Waals surface area contributed by atoms with Crippen LogP contribution in [-0.2, 0) is 9.59 Å². The lowest BCUT2D eigenvalue weighted by molar-refractivity contribution is -0.118. The summed E-state index contributed by atoms with van der Waals surface area (Å²) in [5, 5.41) is 0. The molecule has 1 aromatic rings. The number of Topliss-reactive ketones (excluding diaryl/α,β-unsaturated/α-hetero) is 1. The predicted octanol–water partition coefficient (Wildman–Crippen LogP) is 1.27. The fraction of sp³-hybridized carbons (Fsp3) is 0.231. The first kappa shape index (κ1) is 11.5. The highest BCUT2D eigenvalue weighted by Crippen LogP contribution is 2.20. The Balaban J connectivity index is 2.39. The van der Waals surface area contributed by atoms with Crippen molar-refractivity contribution in [3.63, 3.8) is 0 Å². The molecule has 2 N–H and O–H groups in total. The molecular weight excluding hydrogens is 216 g/mol. The Morgan fingerprint density at radius 2 is 1.65 bits per heavy atom. The maximum Gasteiger partial charge on any atom is 0.261 e. The lowest BCUT2D eigenvalue weighted by Crippen LogP contribution is -2.40. The van der Waals surface area contributed by atoms with E-state index < -0.39 is 6.04 Å². The third-order valence-electron chi connectivity index (χ3n) is 3.00. The second-order valence-corrected chi connectivity index (χ2v) is 4.06. The zero-order valence-electron chi connectivity index (χ0n) is 9.78. The standard InChI is InChI=1S/C13H14N2O2/c1-8-9(2)13(17)15-14-11(12(8)16)10-6-4-3-5-7-10/h3-7,11,14H,1-2H3,(H,15,17). The molecule has 4 nitrogen and oxygen atoms in total. The zero-order valence-corrected chi connectivity index (χ0v) is 9.78. The van der Waals surface area contributed by atoms with Gasteiger partial charge in [-0.25, -0.2) is 5.43 Å². The number of amides is 1. The Morgan fingerprint density at radius 1 is 1.00 bits per heavy atom. The summed E-state index contributed by atoms with van der Waals surface area (Å²) >= 11 is 0. The zero-order chi connectivity index (χ0) is 12.4. The van der Waals surface area contributed by atoms with Crippen molar-refractivity contribution in [2.45, 2.75) is 19.9 Å². The van der Waals surface area contributed by atoms with E-state index in [4.69, 9.17) is 0 Å². The van der Waals surface area contributed by atoms with Crippen LogP contribution in [-0.4, -0.2) is 11.7 Å². The first-order valence-corrected chi connectivity index (χ1v) is 5.43. The van der Waals surface area contributed by atoms with Crippen LogP contribution in [0.1, 0.15) is 25.5 Å². The molecule has 0 saturated carbocycles. The van der Waals surface area contributed by atoms with Gasteiger partial charge in [-0.3, -0.25) is 15.0 Å². The Kier molecular flexibility index (Phi) is 3.06. The largest absolute Gasteiger partial charge is 0.292 e.